The smallest absolute Gasteiger partial charge is 0.173 e. The zero-order valence-corrected chi connectivity index (χ0v) is 18.0. The van der Waals surface area contributed by atoms with Crippen LogP contribution in [0.3, 0.4) is 0 Å². The molecule has 0 unspecified atom stereocenters. The second-order valence-electron chi connectivity index (χ2n) is 7.32. The highest BCUT2D eigenvalue weighted by molar-refractivity contribution is 6.30. The van der Waals surface area contributed by atoms with Gasteiger partial charge in [-0.05, 0) is 57.9 Å². The fourth-order valence-corrected chi connectivity index (χ4v) is 3.78. The lowest BCUT2D eigenvalue weighted by Crippen LogP contribution is -2.31. The molecule has 5 nitrogen and oxygen atoms in total. The molecule has 0 aliphatic rings. The zero-order valence-electron chi connectivity index (χ0n) is 17.2. The van der Waals surface area contributed by atoms with E-state index in [2.05, 4.69) is 39.5 Å². The van der Waals surface area contributed by atoms with Crippen LogP contribution in [0.25, 0.3) is 0 Å². The van der Waals surface area contributed by atoms with Crippen LogP contribution in [0, 0.1) is 5.82 Å². The van der Waals surface area contributed by atoms with Gasteiger partial charge in [0.1, 0.15) is 5.82 Å². The topological polar surface area (TPSA) is 46.8 Å². The van der Waals surface area contributed by atoms with E-state index in [9.17, 15) is 4.39 Å². The third-order valence-electron chi connectivity index (χ3n) is 5.24. The summed E-state index contributed by atoms with van der Waals surface area (Å²) in [6, 6.07) is 24.3. The van der Waals surface area contributed by atoms with E-state index in [1.54, 1.807) is 16.8 Å². The van der Waals surface area contributed by atoms with Gasteiger partial charge < -0.3 is 0 Å². The number of aromatic nitrogens is 4. The highest BCUT2D eigenvalue weighted by Crippen LogP contribution is 2.29. The van der Waals surface area contributed by atoms with Crippen molar-refractivity contribution in [1.82, 2.24) is 25.1 Å². The number of benzene rings is 3. The van der Waals surface area contributed by atoms with Crippen LogP contribution < -0.4 is 0 Å². The van der Waals surface area contributed by atoms with Crippen molar-refractivity contribution in [3.8, 4) is 0 Å². The minimum atomic E-state index is -0.264. The van der Waals surface area contributed by atoms with Gasteiger partial charge in [-0.15, -0.1) is 5.10 Å². The Morgan fingerprint density at radius 2 is 1.65 bits per heavy atom. The second kappa shape index (κ2) is 9.81. The molecule has 4 aromatic rings. The Morgan fingerprint density at radius 3 is 2.32 bits per heavy atom. The Morgan fingerprint density at radius 1 is 0.935 bits per heavy atom. The van der Waals surface area contributed by atoms with Gasteiger partial charge in [-0.25, -0.2) is 9.07 Å². The standard InChI is InChI=1S/C24H23ClFN5/c1-2-30(16-18-6-4-3-5-7-18)23(20-10-12-21(25)13-11-20)24-27-28-29-31(24)17-19-8-14-22(26)15-9-19/h3-15,23H,2,16-17H2,1H3/t23-/m0/s1. The fourth-order valence-electron chi connectivity index (χ4n) is 3.65. The van der Waals surface area contributed by atoms with Gasteiger partial charge in [-0.1, -0.05) is 73.1 Å². The lowest BCUT2D eigenvalue weighted by Gasteiger charge is -2.30. The van der Waals surface area contributed by atoms with Crippen LogP contribution >= 0.6 is 11.6 Å². The van der Waals surface area contributed by atoms with Crippen molar-refractivity contribution in [1.29, 1.82) is 0 Å². The predicted octanol–water partition coefficient (Wildman–Crippen LogP) is 5.13. The largest absolute Gasteiger partial charge is 0.286 e. The van der Waals surface area contributed by atoms with Crippen LogP contribution in [0.4, 0.5) is 4.39 Å². The summed E-state index contributed by atoms with van der Waals surface area (Å²) < 4.78 is 15.1. The van der Waals surface area contributed by atoms with Crippen molar-refractivity contribution in [2.75, 3.05) is 6.54 Å². The summed E-state index contributed by atoms with van der Waals surface area (Å²) in [7, 11) is 0. The molecular formula is C24H23ClFN5. The molecule has 1 heterocycles. The Kier molecular flexibility index (Phi) is 6.70. The third kappa shape index (κ3) is 5.16. The summed E-state index contributed by atoms with van der Waals surface area (Å²) >= 11 is 6.15. The number of hydrogen-bond acceptors (Lipinski definition) is 4. The van der Waals surface area contributed by atoms with Crippen molar-refractivity contribution >= 4 is 11.6 Å². The van der Waals surface area contributed by atoms with E-state index in [1.807, 2.05) is 42.5 Å². The number of hydrogen-bond donors (Lipinski definition) is 0. The maximum atomic E-state index is 13.3. The molecule has 0 aliphatic carbocycles. The van der Waals surface area contributed by atoms with E-state index in [-0.39, 0.29) is 11.9 Å². The lowest BCUT2D eigenvalue weighted by molar-refractivity contribution is 0.215. The van der Waals surface area contributed by atoms with E-state index in [0.29, 0.717) is 11.6 Å². The van der Waals surface area contributed by atoms with Crippen molar-refractivity contribution in [3.05, 3.63) is 112 Å². The number of halogens is 2. The summed E-state index contributed by atoms with van der Waals surface area (Å²) in [4.78, 5) is 2.32. The van der Waals surface area contributed by atoms with Crippen molar-refractivity contribution < 1.29 is 4.39 Å². The Balaban J connectivity index is 1.72. The van der Waals surface area contributed by atoms with Crippen LogP contribution in [-0.2, 0) is 13.1 Å². The van der Waals surface area contributed by atoms with Crippen LogP contribution in [0.5, 0.6) is 0 Å². The van der Waals surface area contributed by atoms with E-state index in [4.69, 9.17) is 11.6 Å². The van der Waals surface area contributed by atoms with Crippen LogP contribution in [0.2, 0.25) is 5.02 Å². The molecule has 0 fully saturated rings. The van der Waals surface area contributed by atoms with Crippen molar-refractivity contribution in [3.63, 3.8) is 0 Å². The fraction of sp³-hybridized carbons (Fsp3) is 0.208. The molecule has 0 saturated carbocycles. The zero-order chi connectivity index (χ0) is 21.6. The second-order valence-corrected chi connectivity index (χ2v) is 7.76. The van der Waals surface area contributed by atoms with E-state index >= 15 is 0 Å². The molecule has 0 N–H and O–H groups in total. The first-order valence-electron chi connectivity index (χ1n) is 10.2. The van der Waals surface area contributed by atoms with E-state index in [1.165, 1.54) is 17.7 Å². The van der Waals surface area contributed by atoms with Gasteiger partial charge in [0.25, 0.3) is 0 Å². The van der Waals surface area contributed by atoms with Gasteiger partial charge in [0, 0.05) is 11.6 Å². The van der Waals surface area contributed by atoms with Gasteiger partial charge in [-0.3, -0.25) is 4.90 Å². The highest BCUT2D eigenvalue weighted by atomic mass is 35.5. The first-order chi connectivity index (χ1) is 15.1. The van der Waals surface area contributed by atoms with Gasteiger partial charge in [0.2, 0.25) is 0 Å². The number of nitrogens with zero attached hydrogens (tertiary/aromatic N) is 5. The molecule has 0 aliphatic heterocycles. The maximum Gasteiger partial charge on any atom is 0.173 e. The van der Waals surface area contributed by atoms with E-state index in [0.717, 1.165) is 30.0 Å². The van der Waals surface area contributed by atoms with Crippen molar-refractivity contribution in [2.24, 2.45) is 0 Å². The Bertz CT molecular complexity index is 1100. The Labute approximate surface area is 186 Å². The summed E-state index contributed by atoms with van der Waals surface area (Å²) in [5.74, 6) is 0.462. The number of tetrazole rings is 1. The summed E-state index contributed by atoms with van der Waals surface area (Å²) in [6.45, 7) is 4.12. The third-order valence-corrected chi connectivity index (χ3v) is 5.49. The quantitative estimate of drug-likeness (QED) is 0.385. The lowest BCUT2D eigenvalue weighted by atomic mass is 10.0. The van der Waals surface area contributed by atoms with Gasteiger partial charge in [0.15, 0.2) is 5.82 Å². The molecule has 0 saturated heterocycles. The minimum absolute atomic E-state index is 0.169. The molecule has 4 rings (SSSR count). The van der Waals surface area contributed by atoms with Gasteiger partial charge in [-0.2, -0.15) is 0 Å². The molecule has 0 radical (unpaired) electrons. The predicted molar refractivity (Wildman–Crippen MR) is 119 cm³/mol. The van der Waals surface area contributed by atoms with Gasteiger partial charge >= 0.3 is 0 Å². The summed E-state index contributed by atoms with van der Waals surface area (Å²) in [6.07, 6.45) is 0. The van der Waals surface area contributed by atoms with Crippen LogP contribution in [-0.4, -0.2) is 31.7 Å². The van der Waals surface area contributed by atoms with Crippen molar-refractivity contribution in [2.45, 2.75) is 26.1 Å². The normalized spacial score (nSPS) is 12.3. The maximum absolute atomic E-state index is 13.3. The molecule has 0 amide bonds. The number of rotatable bonds is 8. The first kappa shape index (κ1) is 21.2. The molecule has 7 heteroatoms. The van der Waals surface area contributed by atoms with Crippen LogP contribution in [0.15, 0.2) is 78.9 Å². The van der Waals surface area contributed by atoms with Gasteiger partial charge in [0.05, 0.1) is 12.6 Å². The molecular weight excluding hydrogens is 413 g/mol. The van der Waals surface area contributed by atoms with Crippen LogP contribution in [0.1, 0.15) is 35.5 Å². The molecule has 3 aromatic carbocycles. The first-order valence-corrected chi connectivity index (χ1v) is 10.6. The molecule has 0 spiro atoms. The molecule has 158 valence electrons. The molecule has 1 atom stereocenters. The average Bonchev–Trinajstić information content (AvgIpc) is 3.24. The summed E-state index contributed by atoms with van der Waals surface area (Å²) in [5.41, 5.74) is 3.19. The molecule has 31 heavy (non-hydrogen) atoms. The van der Waals surface area contributed by atoms with E-state index < -0.39 is 0 Å². The summed E-state index contributed by atoms with van der Waals surface area (Å²) in [5, 5.41) is 13.3. The molecule has 1 aromatic heterocycles. The Hall–Kier alpha value is -3.09. The average molecular weight is 436 g/mol. The minimum Gasteiger partial charge on any atom is -0.286 e. The monoisotopic (exact) mass is 435 g/mol. The molecule has 0 bridgehead atoms. The highest BCUT2D eigenvalue weighted by Gasteiger charge is 2.27. The SMILES string of the molecule is CCN(Cc1ccccc1)[C@@H](c1ccc(Cl)cc1)c1nnnn1Cc1ccc(F)cc1.